The minimum atomic E-state index is -0.484. The summed E-state index contributed by atoms with van der Waals surface area (Å²) < 4.78 is 2.85. The number of carbonyl (C=O) groups is 2. The van der Waals surface area contributed by atoms with Gasteiger partial charge in [-0.25, -0.2) is 4.79 Å². The highest BCUT2D eigenvalue weighted by Crippen LogP contribution is 2.11. The van der Waals surface area contributed by atoms with Gasteiger partial charge >= 0.3 is 5.69 Å². The fraction of sp³-hybridized carbons (Fsp3) is 0.211. The molecule has 0 atom stereocenters. The second kappa shape index (κ2) is 7.26. The minimum absolute atomic E-state index is 0.185. The number of hydrogen-bond acceptors (Lipinski definition) is 3. The van der Waals surface area contributed by atoms with Gasteiger partial charge in [0, 0.05) is 12.6 Å². The molecule has 2 aromatic carbocycles. The van der Waals surface area contributed by atoms with Crippen LogP contribution in [-0.4, -0.2) is 20.9 Å². The van der Waals surface area contributed by atoms with Crippen LogP contribution in [0.5, 0.6) is 0 Å². The van der Waals surface area contributed by atoms with E-state index in [1.807, 2.05) is 31.2 Å². The number of benzene rings is 2. The van der Waals surface area contributed by atoms with E-state index in [0.717, 1.165) is 17.5 Å². The lowest BCUT2D eigenvalue weighted by Gasteiger charge is -2.08. The first-order valence-electron chi connectivity index (χ1n) is 8.33. The summed E-state index contributed by atoms with van der Waals surface area (Å²) in [6.07, 6.45) is 0.887. The van der Waals surface area contributed by atoms with Crippen LogP contribution in [0.3, 0.4) is 0 Å². The molecular weight excluding hydrogens is 332 g/mol. The van der Waals surface area contributed by atoms with Crippen LogP contribution in [0.2, 0.25) is 0 Å². The number of rotatable bonds is 4. The smallest absolute Gasteiger partial charge is 0.295 e. The molecule has 2 amide bonds. The van der Waals surface area contributed by atoms with Crippen molar-refractivity contribution in [2.45, 2.75) is 19.9 Å². The lowest BCUT2D eigenvalue weighted by atomic mass is 10.1. The summed E-state index contributed by atoms with van der Waals surface area (Å²) in [6.45, 7) is 1.85. The average Bonchev–Trinajstić information content (AvgIpc) is 2.91. The fourth-order valence-corrected chi connectivity index (χ4v) is 2.79. The van der Waals surface area contributed by atoms with Crippen LogP contribution in [0.4, 0.5) is 0 Å². The van der Waals surface area contributed by atoms with Crippen LogP contribution in [0, 0.1) is 0 Å². The summed E-state index contributed by atoms with van der Waals surface area (Å²) in [5.41, 5.74) is 7.41. The van der Waals surface area contributed by atoms with E-state index in [0.29, 0.717) is 11.1 Å². The third-order valence-corrected chi connectivity index (χ3v) is 4.29. The molecule has 3 aromatic rings. The number of carbonyl (C=O) groups excluding carboxylic acids is 2. The van der Waals surface area contributed by atoms with E-state index in [-0.39, 0.29) is 12.2 Å². The van der Waals surface area contributed by atoms with Gasteiger partial charge in [0.2, 0.25) is 0 Å². The van der Waals surface area contributed by atoms with Gasteiger partial charge in [0.25, 0.3) is 11.8 Å². The summed E-state index contributed by atoms with van der Waals surface area (Å²) in [5.74, 6) is -0.895. The van der Waals surface area contributed by atoms with Crippen LogP contribution in [0.25, 0.3) is 11.0 Å². The number of imidazole rings is 1. The lowest BCUT2D eigenvalue weighted by molar-refractivity contribution is -0.122. The molecule has 0 saturated carbocycles. The van der Waals surface area contributed by atoms with E-state index in [1.54, 1.807) is 31.3 Å². The molecule has 0 radical (unpaired) electrons. The molecule has 0 aliphatic rings. The Morgan fingerprint density at radius 3 is 2.27 bits per heavy atom. The molecule has 0 fully saturated rings. The molecule has 0 saturated heterocycles. The van der Waals surface area contributed by atoms with Gasteiger partial charge in [-0.2, -0.15) is 0 Å². The van der Waals surface area contributed by atoms with Crippen molar-refractivity contribution in [3.63, 3.8) is 0 Å². The number of aromatic nitrogens is 2. The van der Waals surface area contributed by atoms with E-state index in [1.165, 1.54) is 9.13 Å². The Morgan fingerprint density at radius 1 is 0.962 bits per heavy atom. The van der Waals surface area contributed by atoms with E-state index >= 15 is 0 Å². The maximum atomic E-state index is 12.3. The number of fused-ring (bicyclic) bond motifs is 1. The first kappa shape index (κ1) is 17.5. The van der Waals surface area contributed by atoms with Gasteiger partial charge < -0.3 is 0 Å². The quantitative estimate of drug-likeness (QED) is 0.696. The highest BCUT2D eigenvalue weighted by molar-refractivity contribution is 5.95. The van der Waals surface area contributed by atoms with Crippen molar-refractivity contribution in [2.24, 2.45) is 7.05 Å². The zero-order valence-electron chi connectivity index (χ0n) is 14.7. The van der Waals surface area contributed by atoms with Gasteiger partial charge in [-0.3, -0.25) is 29.6 Å². The van der Waals surface area contributed by atoms with E-state index < -0.39 is 11.8 Å². The molecule has 0 spiro atoms. The molecule has 0 bridgehead atoms. The van der Waals surface area contributed by atoms with E-state index in [9.17, 15) is 14.4 Å². The Bertz CT molecular complexity index is 1020. The Balaban J connectivity index is 1.67. The Kier molecular flexibility index (Phi) is 4.88. The number of para-hydroxylation sites is 2. The van der Waals surface area contributed by atoms with Gasteiger partial charge in [0.05, 0.1) is 11.0 Å². The number of nitrogens with zero attached hydrogens (tertiary/aromatic N) is 2. The molecule has 0 aliphatic heterocycles. The monoisotopic (exact) mass is 352 g/mol. The predicted molar refractivity (Wildman–Crippen MR) is 98.6 cm³/mol. The third kappa shape index (κ3) is 3.37. The molecule has 7 heteroatoms. The average molecular weight is 352 g/mol. The van der Waals surface area contributed by atoms with Gasteiger partial charge in [-0.1, -0.05) is 31.2 Å². The van der Waals surface area contributed by atoms with Crippen molar-refractivity contribution < 1.29 is 9.59 Å². The van der Waals surface area contributed by atoms with Crippen LogP contribution >= 0.6 is 0 Å². The molecule has 3 rings (SSSR count). The topological polar surface area (TPSA) is 85.1 Å². The normalized spacial score (nSPS) is 10.7. The number of amides is 2. The first-order valence-corrected chi connectivity index (χ1v) is 8.33. The maximum absolute atomic E-state index is 12.3. The molecule has 0 aliphatic carbocycles. The van der Waals surface area contributed by atoms with Crippen molar-refractivity contribution in [1.29, 1.82) is 0 Å². The predicted octanol–water partition coefficient (Wildman–Crippen LogP) is 1.36. The van der Waals surface area contributed by atoms with Crippen LogP contribution < -0.4 is 16.5 Å². The summed E-state index contributed by atoms with van der Waals surface area (Å²) in [7, 11) is 1.65. The zero-order valence-corrected chi connectivity index (χ0v) is 14.7. The number of hydrogen-bond donors (Lipinski definition) is 2. The molecule has 2 N–H and O–H groups in total. The zero-order chi connectivity index (χ0) is 18.7. The fourth-order valence-electron chi connectivity index (χ4n) is 2.79. The Hall–Kier alpha value is -3.35. The molecule has 134 valence electrons. The van der Waals surface area contributed by atoms with Crippen LogP contribution in [0.1, 0.15) is 22.8 Å². The molecule has 0 unspecified atom stereocenters. The Labute approximate surface area is 150 Å². The summed E-state index contributed by atoms with van der Waals surface area (Å²) in [5, 5.41) is 0. The SMILES string of the molecule is CCc1ccc(C(=O)NNC(=O)Cn2c(=O)n(C)c3ccccc32)cc1. The van der Waals surface area contributed by atoms with Crippen molar-refractivity contribution in [1.82, 2.24) is 20.0 Å². The van der Waals surface area contributed by atoms with Gasteiger partial charge in [-0.15, -0.1) is 0 Å². The molecule has 1 heterocycles. The molecule has 1 aromatic heterocycles. The lowest BCUT2D eigenvalue weighted by Crippen LogP contribution is -2.44. The van der Waals surface area contributed by atoms with Crippen LogP contribution in [0.15, 0.2) is 53.3 Å². The minimum Gasteiger partial charge on any atom is -0.295 e. The van der Waals surface area contributed by atoms with E-state index in [2.05, 4.69) is 10.9 Å². The number of nitrogens with one attached hydrogen (secondary N) is 2. The second-order valence-electron chi connectivity index (χ2n) is 5.97. The highest BCUT2D eigenvalue weighted by atomic mass is 16.2. The third-order valence-electron chi connectivity index (χ3n) is 4.29. The highest BCUT2D eigenvalue weighted by Gasteiger charge is 2.14. The first-order chi connectivity index (χ1) is 12.5. The molecule has 7 nitrogen and oxygen atoms in total. The number of hydrazine groups is 1. The summed E-state index contributed by atoms with van der Waals surface area (Å²) >= 11 is 0. The second-order valence-corrected chi connectivity index (χ2v) is 5.97. The van der Waals surface area contributed by atoms with Gasteiger partial charge in [-0.05, 0) is 36.2 Å². The van der Waals surface area contributed by atoms with Crippen molar-refractivity contribution >= 4 is 22.8 Å². The van der Waals surface area contributed by atoms with E-state index in [4.69, 9.17) is 0 Å². The number of aryl methyl sites for hydroxylation is 2. The van der Waals surface area contributed by atoms with Crippen molar-refractivity contribution in [3.05, 3.63) is 70.1 Å². The van der Waals surface area contributed by atoms with Crippen molar-refractivity contribution in [2.75, 3.05) is 0 Å². The van der Waals surface area contributed by atoms with Crippen LogP contribution in [-0.2, 0) is 24.8 Å². The standard InChI is InChI=1S/C19H20N4O3/c1-3-13-8-10-14(11-9-13)18(25)21-20-17(24)12-23-16-7-5-4-6-15(16)22(2)19(23)26/h4-11H,3,12H2,1-2H3,(H,20,24)(H,21,25). The molecular formula is C19H20N4O3. The Morgan fingerprint density at radius 2 is 1.62 bits per heavy atom. The largest absolute Gasteiger partial charge is 0.329 e. The van der Waals surface area contributed by atoms with Crippen molar-refractivity contribution in [3.8, 4) is 0 Å². The van der Waals surface area contributed by atoms with Gasteiger partial charge in [0.1, 0.15) is 6.54 Å². The maximum Gasteiger partial charge on any atom is 0.329 e. The summed E-state index contributed by atoms with van der Waals surface area (Å²) in [4.78, 5) is 36.5. The summed E-state index contributed by atoms with van der Waals surface area (Å²) in [6, 6.07) is 14.4. The molecule has 26 heavy (non-hydrogen) atoms. The van der Waals surface area contributed by atoms with Gasteiger partial charge in [0.15, 0.2) is 0 Å².